The monoisotopic (exact) mass is 318 g/mol. The molecule has 1 amide bonds. The summed E-state index contributed by atoms with van der Waals surface area (Å²) in [7, 11) is 0. The second kappa shape index (κ2) is 5.25. The third-order valence-electron chi connectivity index (χ3n) is 5.20. The van der Waals surface area contributed by atoms with Crippen LogP contribution in [0.2, 0.25) is 5.15 Å². The molecule has 3 aliphatic heterocycles. The van der Waals surface area contributed by atoms with E-state index in [-0.39, 0.29) is 11.9 Å². The van der Waals surface area contributed by atoms with Crippen LogP contribution in [0.5, 0.6) is 0 Å². The van der Waals surface area contributed by atoms with Crippen molar-refractivity contribution in [1.29, 1.82) is 0 Å². The minimum Gasteiger partial charge on any atom is -0.346 e. The largest absolute Gasteiger partial charge is 0.346 e. The predicted octanol–water partition coefficient (Wildman–Crippen LogP) is 2.20. The Hall–Kier alpha value is -1.59. The normalized spacial score (nSPS) is 30.6. The zero-order valence-corrected chi connectivity index (χ0v) is 13.3. The Kier molecular flexibility index (Phi) is 3.35. The number of hydrogen-bond acceptors (Lipinski definition) is 3. The van der Waals surface area contributed by atoms with Crippen molar-refractivity contribution in [3.63, 3.8) is 0 Å². The molecular weight excluding hydrogens is 300 g/mol. The van der Waals surface area contributed by atoms with Crippen molar-refractivity contribution in [2.75, 3.05) is 13.1 Å². The van der Waals surface area contributed by atoms with Gasteiger partial charge in [0, 0.05) is 12.1 Å². The molecule has 2 bridgehead atoms. The zero-order valence-electron chi connectivity index (χ0n) is 12.5. The van der Waals surface area contributed by atoms with Crippen LogP contribution >= 0.6 is 11.6 Å². The summed E-state index contributed by atoms with van der Waals surface area (Å²) in [4.78, 5) is 19.3. The van der Waals surface area contributed by atoms with Crippen molar-refractivity contribution in [3.8, 4) is 0 Å². The molecule has 0 radical (unpaired) electrons. The highest BCUT2D eigenvalue weighted by Gasteiger charge is 2.40. The lowest BCUT2D eigenvalue weighted by Crippen LogP contribution is -2.62. The molecule has 116 valence electrons. The van der Waals surface area contributed by atoms with E-state index < -0.39 is 0 Å². The SMILES string of the molecule is C[C@H]1[C@H](NC(=O)c2cc3ccc(Cl)n3cn2)C2CCN1CC2. The second-order valence-electron chi connectivity index (χ2n) is 6.34. The van der Waals surface area contributed by atoms with Crippen molar-refractivity contribution in [2.45, 2.75) is 31.8 Å². The van der Waals surface area contributed by atoms with Crippen LogP contribution in [0.25, 0.3) is 5.52 Å². The van der Waals surface area contributed by atoms with Gasteiger partial charge in [-0.3, -0.25) is 14.1 Å². The molecule has 5 rings (SSSR count). The van der Waals surface area contributed by atoms with Crippen LogP contribution < -0.4 is 5.32 Å². The molecule has 0 saturated carbocycles. The number of nitrogens with zero attached hydrogens (tertiary/aromatic N) is 3. The first-order valence-electron chi connectivity index (χ1n) is 7.81. The molecule has 0 unspecified atom stereocenters. The van der Waals surface area contributed by atoms with E-state index in [1.54, 1.807) is 22.9 Å². The third kappa shape index (κ3) is 2.20. The number of hydrogen-bond donors (Lipinski definition) is 1. The highest BCUT2D eigenvalue weighted by atomic mass is 35.5. The number of piperidine rings is 3. The maximum Gasteiger partial charge on any atom is 0.270 e. The van der Waals surface area contributed by atoms with Crippen LogP contribution in [0.1, 0.15) is 30.3 Å². The smallest absolute Gasteiger partial charge is 0.270 e. The molecular formula is C16H19ClN4O. The first-order valence-corrected chi connectivity index (χ1v) is 8.19. The van der Waals surface area contributed by atoms with Gasteiger partial charge in [-0.1, -0.05) is 11.6 Å². The van der Waals surface area contributed by atoms with Crippen molar-refractivity contribution in [3.05, 3.63) is 35.4 Å². The van der Waals surface area contributed by atoms with E-state index in [0.717, 1.165) is 18.6 Å². The van der Waals surface area contributed by atoms with Gasteiger partial charge in [-0.25, -0.2) is 4.98 Å². The number of carbonyl (C=O) groups is 1. The van der Waals surface area contributed by atoms with Gasteiger partial charge in [0.05, 0.1) is 5.52 Å². The molecule has 0 spiro atoms. The molecule has 2 atom stereocenters. The number of halogens is 1. The summed E-state index contributed by atoms with van der Waals surface area (Å²) in [6.45, 7) is 4.52. The lowest BCUT2D eigenvalue weighted by Gasteiger charge is -2.49. The first-order chi connectivity index (χ1) is 10.6. The molecule has 0 aliphatic carbocycles. The van der Waals surface area contributed by atoms with Crippen LogP contribution in [0.4, 0.5) is 0 Å². The highest BCUT2D eigenvalue weighted by Crippen LogP contribution is 2.32. The molecule has 5 nitrogen and oxygen atoms in total. The summed E-state index contributed by atoms with van der Waals surface area (Å²) < 4.78 is 1.76. The van der Waals surface area contributed by atoms with Crippen LogP contribution in [-0.2, 0) is 0 Å². The Morgan fingerprint density at radius 1 is 1.36 bits per heavy atom. The molecule has 3 saturated heterocycles. The third-order valence-corrected chi connectivity index (χ3v) is 5.51. The van der Waals surface area contributed by atoms with E-state index in [2.05, 4.69) is 22.1 Å². The van der Waals surface area contributed by atoms with Crippen LogP contribution in [-0.4, -0.2) is 45.4 Å². The van der Waals surface area contributed by atoms with Crippen LogP contribution in [0.15, 0.2) is 24.5 Å². The average molecular weight is 319 g/mol. The van der Waals surface area contributed by atoms with E-state index in [0.29, 0.717) is 22.8 Å². The zero-order chi connectivity index (χ0) is 15.3. The summed E-state index contributed by atoms with van der Waals surface area (Å²) in [6, 6.07) is 6.10. The fourth-order valence-electron chi connectivity index (χ4n) is 3.87. The van der Waals surface area contributed by atoms with Gasteiger partial charge in [0.25, 0.3) is 5.91 Å². The maximum atomic E-state index is 12.6. The predicted molar refractivity (Wildman–Crippen MR) is 85.2 cm³/mol. The molecule has 6 heteroatoms. The first kappa shape index (κ1) is 14.0. The van der Waals surface area contributed by atoms with E-state index in [9.17, 15) is 4.79 Å². The van der Waals surface area contributed by atoms with E-state index >= 15 is 0 Å². The Balaban J connectivity index is 1.55. The minimum atomic E-state index is -0.0922. The van der Waals surface area contributed by atoms with Gasteiger partial charge in [-0.15, -0.1) is 0 Å². The molecule has 2 aromatic rings. The molecule has 5 heterocycles. The van der Waals surface area contributed by atoms with Crippen molar-refractivity contribution < 1.29 is 4.79 Å². The van der Waals surface area contributed by atoms with Gasteiger partial charge in [0.1, 0.15) is 17.2 Å². The fourth-order valence-corrected chi connectivity index (χ4v) is 4.07. The van der Waals surface area contributed by atoms with Gasteiger partial charge >= 0.3 is 0 Å². The number of carbonyl (C=O) groups excluding carboxylic acids is 1. The van der Waals surface area contributed by atoms with E-state index in [1.807, 2.05) is 6.07 Å². The standard InChI is InChI=1S/C16H19ClN4O/c1-10-15(11-4-6-20(10)7-5-11)19-16(22)13-8-12-2-3-14(17)21(12)9-18-13/h2-3,8-11,15H,4-7H2,1H3,(H,19,22)/t10-,15-/m0/s1. The Morgan fingerprint density at radius 2 is 2.14 bits per heavy atom. The summed E-state index contributed by atoms with van der Waals surface area (Å²) in [5, 5.41) is 3.80. The van der Waals surface area contributed by atoms with Gasteiger partial charge in [0.15, 0.2) is 0 Å². The number of rotatable bonds is 2. The van der Waals surface area contributed by atoms with Gasteiger partial charge < -0.3 is 5.32 Å². The average Bonchev–Trinajstić information content (AvgIpc) is 2.92. The minimum absolute atomic E-state index is 0.0922. The van der Waals surface area contributed by atoms with Gasteiger partial charge in [-0.05, 0) is 57.0 Å². The molecule has 2 aromatic heterocycles. The quantitative estimate of drug-likeness (QED) is 0.923. The maximum absolute atomic E-state index is 12.6. The van der Waals surface area contributed by atoms with Gasteiger partial charge in [-0.2, -0.15) is 0 Å². The lowest BCUT2D eigenvalue weighted by molar-refractivity contribution is 0.0216. The Labute approximate surface area is 134 Å². The fraction of sp³-hybridized carbons (Fsp3) is 0.500. The van der Waals surface area contributed by atoms with E-state index in [1.165, 1.54) is 12.8 Å². The van der Waals surface area contributed by atoms with Crippen LogP contribution in [0.3, 0.4) is 0 Å². The Morgan fingerprint density at radius 3 is 2.86 bits per heavy atom. The number of fused-ring (bicyclic) bond motifs is 4. The summed E-state index contributed by atoms with van der Waals surface area (Å²) in [5.41, 5.74) is 1.33. The molecule has 3 aliphatic rings. The van der Waals surface area contributed by atoms with Crippen molar-refractivity contribution in [2.24, 2.45) is 5.92 Å². The Bertz CT molecular complexity index is 718. The summed E-state index contributed by atoms with van der Waals surface area (Å²) >= 11 is 6.04. The number of aromatic nitrogens is 2. The van der Waals surface area contributed by atoms with E-state index in [4.69, 9.17) is 11.6 Å². The number of amides is 1. The van der Waals surface area contributed by atoms with Crippen molar-refractivity contribution in [1.82, 2.24) is 19.6 Å². The molecule has 22 heavy (non-hydrogen) atoms. The molecule has 0 aromatic carbocycles. The lowest BCUT2D eigenvalue weighted by atomic mass is 9.79. The molecule has 3 fully saturated rings. The topological polar surface area (TPSA) is 49.6 Å². The van der Waals surface area contributed by atoms with Crippen LogP contribution in [0, 0.1) is 5.92 Å². The summed E-state index contributed by atoms with van der Waals surface area (Å²) in [6.07, 6.45) is 3.96. The second-order valence-corrected chi connectivity index (χ2v) is 6.73. The van der Waals surface area contributed by atoms with Gasteiger partial charge in [0.2, 0.25) is 0 Å². The summed E-state index contributed by atoms with van der Waals surface area (Å²) in [5.74, 6) is 0.501. The highest BCUT2D eigenvalue weighted by molar-refractivity contribution is 6.30. The number of nitrogens with one attached hydrogen (secondary N) is 1. The van der Waals surface area contributed by atoms with Crippen molar-refractivity contribution >= 4 is 23.0 Å². The molecule has 1 N–H and O–H groups in total.